The number of hydrogen-bond donors (Lipinski definition) is 1. The van der Waals surface area contributed by atoms with Crippen molar-refractivity contribution in [2.45, 2.75) is 31.0 Å². The molecular weight excluding hydrogens is 334 g/mol. The van der Waals surface area contributed by atoms with Crippen molar-refractivity contribution in [1.29, 1.82) is 0 Å². The van der Waals surface area contributed by atoms with Gasteiger partial charge in [-0.3, -0.25) is 9.69 Å². The van der Waals surface area contributed by atoms with Gasteiger partial charge in [0.25, 0.3) is 10.0 Å². The van der Waals surface area contributed by atoms with Gasteiger partial charge in [-0.2, -0.15) is 4.31 Å². The Morgan fingerprint density at radius 3 is 2.43 bits per heavy atom. The van der Waals surface area contributed by atoms with E-state index in [-0.39, 0.29) is 11.9 Å². The fourth-order valence-electron chi connectivity index (χ4n) is 2.49. The maximum atomic E-state index is 12.5. The van der Waals surface area contributed by atoms with Crippen LogP contribution in [-0.4, -0.2) is 62.3 Å². The Kier molecular flexibility index (Phi) is 6.19. The summed E-state index contributed by atoms with van der Waals surface area (Å²) in [5, 5.41) is 4.70. The zero-order valence-electron chi connectivity index (χ0n) is 13.9. The van der Waals surface area contributed by atoms with Gasteiger partial charge in [-0.05, 0) is 24.3 Å². The number of rotatable bonds is 6. The molecule has 6 nitrogen and oxygen atoms in total. The summed E-state index contributed by atoms with van der Waals surface area (Å²) >= 11 is 1.24. The molecule has 2 rings (SSSR count). The average Bonchev–Trinajstić information content (AvgIpc) is 3.07. The fourth-order valence-corrected chi connectivity index (χ4v) is 5.05. The molecule has 0 saturated carbocycles. The predicted molar refractivity (Wildman–Crippen MR) is 92.0 cm³/mol. The number of amides is 1. The second kappa shape index (κ2) is 7.74. The van der Waals surface area contributed by atoms with Gasteiger partial charge in [0.05, 0.1) is 6.04 Å². The molecule has 0 radical (unpaired) electrons. The Morgan fingerprint density at radius 2 is 1.91 bits per heavy atom. The Labute approximate surface area is 142 Å². The van der Waals surface area contributed by atoms with Crippen LogP contribution in [0.3, 0.4) is 0 Å². The second-order valence-corrected chi connectivity index (χ2v) is 9.30. The molecule has 0 bridgehead atoms. The molecular formula is C15H25N3O3S2. The molecule has 1 aromatic rings. The topological polar surface area (TPSA) is 69.7 Å². The fraction of sp³-hybridized carbons (Fsp3) is 0.667. The average molecular weight is 360 g/mol. The summed E-state index contributed by atoms with van der Waals surface area (Å²) in [6.45, 7) is 8.62. The smallest absolute Gasteiger partial charge is 0.252 e. The highest BCUT2D eigenvalue weighted by atomic mass is 32.2. The number of piperazine rings is 1. The normalized spacial score (nSPS) is 19.0. The van der Waals surface area contributed by atoms with Gasteiger partial charge >= 0.3 is 0 Å². The van der Waals surface area contributed by atoms with E-state index in [2.05, 4.69) is 19.2 Å². The van der Waals surface area contributed by atoms with E-state index in [4.69, 9.17) is 0 Å². The minimum atomic E-state index is -3.38. The summed E-state index contributed by atoms with van der Waals surface area (Å²) < 4.78 is 26.8. The van der Waals surface area contributed by atoms with E-state index in [9.17, 15) is 13.2 Å². The van der Waals surface area contributed by atoms with Crippen LogP contribution >= 0.6 is 11.3 Å². The van der Waals surface area contributed by atoms with Crippen molar-refractivity contribution >= 4 is 27.3 Å². The SMILES string of the molecule is CC(C)CNC(=O)[C@H](C)N1CCN(S(=O)(=O)c2cccs2)CC1. The van der Waals surface area contributed by atoms with Crippen molar-refractivity contribution in [3.8, 4) is 0 Å². The Morgan fingerprint density at radius 1 is 1.26 bits per heavy atom. The van der Waals surface area contributed by atoms with Crippen LogP contribution < -0.4 is 5.32 Å². The molecule has 8 heteroatoms. The summed E-state index contributed by atoms with van der Waals surface area (Å²) in [5.41, 5.74) is 0. The van der Waals surface area contributed by atoms with Crippen LogP contribution in [-0.2, 0) is 14.8 Å². The van der Waals surface area contributed by atoms with Gasteiger partial charge in [0, 0.05) is 32.7 Å². The lowest BCUT2D eigenvalue weighted by Gasteiger charge is -2.36. The first-order valence-electron chi connectivity index (χ1n) is 7.87. The number of nitrogens with one attached hydrogen (secondary N) is 1. The number of thiophene rings is 1. The molecule has 0 aromatic carbocycles. The third-order valence-electron chi connectivity index (χ3n) is 3.97. The van der Waals surface area contributed by atoms with Crippen LogP contribution in [0, 0.1) is 5.92 Å². The summed E-state index contributed by atoms with van der Waals surface area (Å²) in [7, 11) is -3.38. The highest BCUT2D eigenvalue weighted by Crippen LogP contribution is 2.22. The molecule has 1 amide bonds. The maximum Gasteiger partial charge on any atom is 0.252 e. The Hall–Kier alpha value is -0.960. The molecule has 1 saturated heterocycles. The van der Waals surface area contributed by atoms with Crippen molar-refractivity contribution in [2.75, 3.05) is 32.7 Å². The molecule has 1 aliphatic heterocycles. The highest BCUT2D eigenvalue weighted by molar-refractivity contribution is 7.91. The number of sulfonamides is 1. The van der Waals surface area contributed by atoms with Crippen LogP contribution in [0.15, 0.2) is 21.7 Å². The van der Waals surface area contributed by atoms with E-state index in [0.29, 0.717) is 42.9 Å². The lowest BCUT2D eigenvalue weighted by molar-refractivity contribution is -0.126. The summed E-state index contributed by atoms with van der Waals surface area (Å²) in [5.74, 6) is 0.423. The van der Waals surface area contributed by atoms with Gasteiger partial charge < -0.3 is 5.32 Å². The van der Waals surface area contributed by atoms with Crippen molar-refractivity contribution in [1.82, 2.24) is 14.5 Å². The minimum absolute atomic E-state index is 0.00765. The molecule has 1 atom stereocenters. The monoisotopic (exact) mass is 359 g/mol. The van der Waals surface area contributed by atoms with Crippen LogP contribution in [0.5, 0.6) is 0 Å². The standard InChI is InChI=1S/C15H25N3O3S2/c1-12(2)11-16-15(19)13(3)17-6-8-18(9-7-17)23(20,21)14-5-4-10-22-14/h4-5,10,12-13H,6-9,11H2,1-3H3,(H,16,19)/t13-/m0/s1. The van der Waals surface area contributed by atoms with Crippen LogP contribution in [0.1, 0.15) is 20.8 Å². The van der Waals surface area contributed by atoms with E-state index in [0.717, 1.165) is 0 Å². The zero-order valence-corrected chi connectivity index (χ0v) is 15.5. The molecule has 23 heavy (non-hydrogen) atoms. The van der Waals surface area contributed by atoms with Gasteiger partial charge in [-0.15, -0.1) is 11.3 Å². The summed E-state index contributed by atoms with van der Waals surface area (Å²) in [4.78, 5) is 14.2. The number of carbonyl (C=O) groups is 1. The molecule has 0 unspecified atom stereocenters. The predicted octanol–water partition coefficient (Wildman–Crippen LogP) is 1.22. The zero-order chi connectivity index (χ0) is 17.0. The molecule has 130 valence electrons. The Bertz CT molecular complexity index is 606. The van der Waals surface area contributed by atoms with Gasteiger partial charge in [0.15, 0.2) is 0 Å². The van der Waals surface area contributed by atoms with E-state index in [1.807, 2.05) is 11.8 Å². The van der Waals surface area contributed by atoms with Crippen molar-refractivity contribution in [2.24, 2.45) is 5.92 Å². The highest BCUT2D eigenvalue weighted by Gasteiger charge is 2.32. The first-order chi connectivity index (χ1) is 10.8. The third-order valence-corrected chi connectivity index (χ3v) is 7.25. The van der Waals surface area contributed by atoms with E-state index in [1.165, 1.54) is 15.6 Å². The molecule has 0 aliphatic carbocycles. The van der Waals surface area contributed by atoms with E-state index >= 15 is 0 Å². The Balaban J connectivity index is 1.90. The van der Waals surface area contributed by atoms with Crippen molar-refractivity contribution < 1.29 is 13.2 Å². The van der Waals surface area contributed by atoms with Gasteiger partial charge in [0.1, 0.15) is 4.21 Å². The molecule has 0 spiro atoms. The lowest BCUT2D eigenvalue weighted by atomic mass is 10.2. The molecule has 1 N–H and O–H groups in total. The van der Waals surface area contributed by atoms with Crippen LogP contribution in [0.4, 0.5) is 0 Å². The molecule has 1 aliphatic rings. The molecule has 2 heterocycles. The van der Waals surface area contributed by atoms with Gasteiger partial charge in [-0.25, -0.2) is 8.42 Å². The third kappa shape index (κ3) is 4.53. The number of carbonyl (C=O) groups excluding carboxylic acids is 1. The first-order valence-corrected chi connectivity index (χ1v) is 10.2. The quantitative estimate of drug-likeness (QED) is 0.829. The molecule has 1 aromatic heterocycles. The molecule has 1 fully saturated rings. The van der Waals surface area contributed by atoms with Crippen LogP contribution in [0.25, 0.3) is 0 Å². The largest absolute Gasteiger partial charge is 0.354 e. The lowest BCUT2D eigenvalue weighted by Crippen LogP contribution is -2.55. The summed E-state index contributed by atoms with van der Waals surface area (Å²) in [6, 6.07) is 3.14. The van der Waals surface area contributed by atoms with Gasteiger partial charge in [-0.1, -0.05) is 19.9 Å². The van der Waals surface area contributed by atoms with E-state index in [1.54, 1.807) is 17.5 Å². The van der Waals surface area contributed by atoms with Crippen LogP contribution in [0.2, 0.25) is 0 Å². The van der Waals surface area contributed by atoms with Crippen molar-refractivity contribution in [3.63, 3.8) is 0 Å². The minimum Gasteiger partial charge on any atom is -0.354 e. The first kappa shape index (κ1) is 18.4. The maximum absolute atomic E-state index is 12.5. The van der Waals surface area contributed by atoms with Gasteiger partial charge in [0.2, 0.25) is 5.91 Å². The summed E-state index contributed by atoms with van der Waals surface area (Å²) in [6.07, 6.45) is 0. The van der Waals surface area contributed by atoms with Crippen molar-refractivity contribution in [3.05, 3.63) is 17.5 Å². The number of hydrogen-bond acceptors (Lipinski definition) is 5. The van der Waals surface area contributed by atoms with E-state index < -0.39 is 10.0 Å². The number of nitrogens with zero attached hydrogens (tertiary/aromatic N) is 2. The second-order valence-electron chi connectivity index (χ2n) is 6.19.